The number of nitrogens with one attached hydrogen (secondary N) is 2. The van der Waals surface area contributed by atoms with Crippen molar-refractivity contribution in [3.63, 3.8) is 0 Å². The summed E-state index contributed by atoms with van der Waals surface area (Å²) in [5.41, 5.74) is -0.589. The highest BCUT2D eigenvalue weighted by molar-refractivity contribution is 6.05. The van der Waals surface area contributed by atoms with Crippen LogP contribution in [0.2, 0.25) is 0 Å². The molecular weight excluding hydrogens is 308 g/mol. The Hall–Kier alpha value is -2.70. The monoisotopic (exact) mass is 330 g/mol. The predicted octanol–water partition coefficient (Wildman–Crippen LogP) is 1.30. The first kappa shape index (κ1) is 17.7. The summed E-state index contributed by atoms with van der Waals surface area (Å²) in [6.07, 6.45) is 0. The van der Waals surface area contributed by atoms with Gasteiger partial charge >= 0.3 is 0 Å². The number of hydrogen-bond acceptors (Lipinski definition) is 4. The summed E-state index contributed by atoms with van der Waals surface area (Å²) in [6.45, 7) is 7.70. The Labute approximate surface area is 140 Å². The highest BCUT2D eigenvalue weighted by atomic mass is 16.2. The quantitative estimate of drug-likeness (QED) is 0.883. The average Bonchev–Trinajstić information content (AvgIpc) is 2.51. The lowest BCUT2D eigenvalue weighted by atomic mass is 10.1. The summed E-state index contributed by atoms with van der Waals surface area (Å²) in [5, 5.41) is 9.93. The summed E-state index contributed by atoms with van der Waals surface area (Å²) in [6, 6.07) is 6.77. The van der Waals surface area contributed by atoms with Crippen LogP contribution in [0.5, 0.6) is 0 Å². The van der Waals surface area contributed by atoms with E-state index in [1.165, 1.54) is 4.90 Å². The molecule has 0 bridgehead atoms. The number of aromatic amines is 1. The standard InChI is InChI=1S/C17H22N4O3/c1-5-21(10-13(22)18-17(2,3)4)16(24)14-11-8-6-7-9-12(11)15(23)20-19-14/h6-9H,5,10H2,1-4H3,(H,18,22)(H,20,23). The Morgan fingerprint density at radius 2 is 1.83 bits per heavy atom. The van der Waals surface area contributed by atoms with Crippen LogP contribution in [0.4, 0.5) is 0 Å². The molecule has 128 valence electrons. The van der Waals surface area contributed by atoms with Crippen molar-refractivity contribution in [3.05, 3.63) is 40.3 Å². The van der Waals surface area contributed by atoms with Crippen LogP contribution in [0, 0.1) is 0 Å². The molecular formula is C17H22N4O3. The number of H-pyrrole nitrogens is 1. The van der Waals surface area contributed by atoms with Gasteiger partial charge in [0.2, 0.25) is 5.91 Å². The normalized spacial score (nSPS) is 11.3. The van der Waals surface area contributed by atoms with E-state index in [2.05, 4.69) is 15.5 Å². The molecule has 7 heteroatoms. The first-order valence-corrected chi connectivity index (χ1v) is 7.80. The second-order valence-corrected chi connectivity index (χ2v) is 6.56. The average molecular weight is 330 g/mol. The van der Waals surface area contributed by atoms with Gasteiger partial charge in [0, 0.05) is 17.5 Å². The van der Waals surface area contributed by atoms with Crippen LogP contribution in [0.3, 0.4) is 0 Å². The topological polar surface area (TPSA) is 95.2 Å². The molecule has 2 aromatic rings. The molecule has 2 amide bonds. The van der Waals surface area contributed by atoms with Crippen LogP contribution in [0.1, 0.15) is 38.2 Å². The molecule has 0 spiro atoms. The van der Waals surface area contributed by atoms with E-state index in [1.54, 1.807) is 31.2 Å². The number of likely N-dealkylation sites (N-methyl/N-ethyl adjacent to an activating group) is 1. The second-order valence-electron chi connectivity index (χ2n) is 6.56. The van der Waals surface area contributed by atoms with Crippen molar-refractivity contribution in [2.24, 2.45) is 0 Å². The van der Waals surface area contributed by atoms with Crippen LogP contribution < -0.4 is 10.9 Å². The minimum absolute atomic E-state index is 0.0677. The van der Waals surface area contributed by atoms with E-state index >= 15 is 0 Å². The zero-order valence-corrected chi connectivity index (χ0v) is 14.3. The van der Waals surface area contributed by atoms with Crippen LogP contribution >= 0.6 is 0 Å². The van der Waals surface area contributed by atoms with E-state index < -0.39 is 5.91 Å². The van der Waals surface area contributed by atoms with Gasteiger partial charge in [-0.05, 0) is 33.8 Å². The summed E-state index contributed by atoms with van der Waals surface area (Å²) in [4.78, 5) is 38.1. The minimum Gasteiger partial charge on any atom is -0.350 e. The molecule has 0 aliphatic carbocycles. The van der Waals surface area contributed by atoms with Gasteiger partial charge in [-0.25, -0.2) is 5.10 Å². The van der Waals surface area contributed by atoms with Gasteiger partial charge in [0.1, 0.15) is 0 Å². The van der Waals surface area contributed by atoms with Gasteiger partial charge in [0.05, 0.1) is 11.9 Å². The molecule has 0 aliphatic heterocycles. The fourth-order valence-corrected chi connectivity index (χ4v) is 2.39. The molecule has 1 heterocycles. The molecule has 7 nitrogen and oxygen atoms in total. The molecule has 2 N–H and O–H groups in total. The fraction of sp³-hybridized carbons (Fsp3) is 0.412. The second kappa shape index (κ2) is 6.82. The maximum absolute atomic E-state index is 12.8. The fourth-order valence-electron chi connectivity index (χ4n) is 2.39. The van der Waals surface area contributed by atoms with E-state index in [9.17, 15) is 14.4 Å². The third-order valence-electron chi connectivity index (χ3n) is 3.42. The maximum atomic E-state index is 12.8. The lowest BCUT2D eigenvalue weighted by Crippen LogP contribution is -2.47. The maximum Gasteiger partial charge on any atom is 0.275 e. The van der Waals surface area contributed by atoms with Crippen molar-refractivity contribution in [3.8, 4) is 0 Å². The SMILES string of the molecule is CCN(CC(=O)NC(C)(C)C)C(=O)c1n[nH]c(=O)c2ccccc12. The Bertz CT molecular complexity index is 820. The van der Waals surface area contributed by atoms with Gasteiger partial charge in [0.25, 0.3) is 11.5 Å². The highest BCUT2D eigenvalue weighted by Gasteiger charge is 2.23. The number of carbonyl (C=O) groups is 2. The number of carbonyl (C=O) groups excluding carboxylic acids is 2. The summed E-state index contributed by atoms with van der Waals surface area (Å²) >= 11 is 0. The minimum atomic E-state index is -0.394. The number of aromatic nitrogens is 2. The highest BCUT2D eigenvalue weighted by Crippen LogP contribution is 2.14. The van der Waals surface area contributed by atoms with Gasteiger partial charge in [-0.2, -0.15) is 5.10 Å². The van der Waals surface area contributed by atoms with Crippen molar-refractivity contribution in [2.45, 2.75) is 33.2 Å². The Kier molecular flexibility index (Phi) is 5.02. The summed E-state index contributed by atoms with van der Waals surface area (Å²) in [7, 11) is 0. The Balaban J connectivity index is 2.31. The lowest BCUT2D eigenvalue weighted by Gasteiger charge is -2.25. The van der Waals surface area contributed by atoms with Crippen molar-refractivity contribution < 1.29 is 9.59 Å². The summed E-state index contributed by atoms with van der Waals surface area (Å²) < 4.78 is 0. The first-order valence-electron chi connectivity index (χ1n) is 7.80. The molecule has 0 saturated heterocycles. The van der Waals surface area contributed by atoms with Gasteiger partial charge in [0.15, 0.2) is 5.69 Å². The number of benzene rings is 1. The number of rotatable bonds is 4. The molecule has 0 fully saturated rings. The first-order chi connectivity index (χ1) is 11.2. The number of amides is 2. The zero-order valence-electron chi connectivity index (χ0n) is 14.3. The molecule has 2 rings (SSSR count). The third kappa shape index (κ3) is 3.98. The molecule has 0 aliphatic rings. The van der Waals surface area contributed by atoms with Crippen LogP contribution in [0.25, 0.3) is 10.8 Å². The Morgan fingerprint density at radius 1 is 1.21 bits per heavy atom. The molecule has 0 radical (unpaired) electrons. The third-order valence-corrected chi connectivity index (χ3v) is 3.42. The number of fused-ring (bicyclic) bond motifs is 1. The molecule has 24 heavy (non-hydrogen) atoms. The number of nitrogens with zero attached hydrogens (tertiary/aromatic N) is 2. The molecule has 1 aromatic heterocycles. The lowest BCUT2D eigenvalue weighted by molar-refractivity contribution is -0.123. The van der Waals surface area contributed by atoms with Crippen LogP contribution in [-0.4, -0.2) is 45.5 Å². The van der Waals surface area contributed by atoms with Gasteiger partial charge in [-0.3, -0.25) is 14.4 Å². The molecule has 0 saturated carbocycles. The summed E-state index contributed by atoms with van der Waals surface area (Å²) in [5.74, 6) is -0.638. The zero-order chi connectivity index (χ0) is 17.9. The van der Waals surface area contributed by atoms with Crippen LogP contribution in [-0.2, 0) is 4.79 Å². The van der Waals surface area contributed by atoms with E-state index in [1.807, 2.05) is 20.8 Å². The van der Waals surface area contributed by atoms with Gasteiger partial charge in [-0.15, -0.1) is 0 Å². The molecule has 0 atom stereocenters. The van der Waals surface area contributed by atoms with Gasteiger partial charge < -0.3 is 10.2 Å². The molecule has 0 unspecified atom stereocenters. The largest absolute Gasteiger partial charge is 0.350 e. The van der Waals surface area contributed by atoms with Crippen molar-refractivity contribution in [2.75, 3.05) is 13.1 Å². The van der Waals surface area contributed by atoms with E-state index in [-0.39, 0.29) is 29.2 Å². The van der Waals surface area contributed by atoms with Crippen molar-refractivity contribution >= 4 is 22.6 Å². The van der Waals surface area contributed by atoms with Crippen molar-refractivity contribution in [1.82, 2.24) is 20.4 Å². The number of hydrogen-bond donors (Lipinski definition) is 2. The predicted molar refractivity (Wildman–Crippen MR) is 91.8 cm³/mol. The smallest absolute Gasteiger partial charge is 0.275 e. The van der Waals surface area contributed by atoms with Crippen LogP contribution in [0.15, 0.2) is 29.1 Å². The Morgan fingerprint density at radius 3 is 2.42 bits per heavy atom. The van der Waals surface area contributed by atoms with E-state index in [4.69, 9.17) is 0 Å². The van der Waals surface area contributed by atoms with E-state index in [0.29, 0.717) is 17.3 Å². The van der Waals surface area contributed by atoms with Gasteiger partial charge in [-0.1, -0.05) is 18.2 Å². The molecule has 1 aromatic carbocycles. The van der Waals surface area contributed by atoms with E-state index in [0.717, 1.165) is 0 Å². The van der Waals surface area contributed by atoms with Crippen molar-refractivity contribution in [1.29, 1.82) is 0 Å².